The average molecular weight is 267 g/mol. The second-order valence-electron chi connectivity index (χ2n) is 5.50. The Balaban J connectivity index is 2.18. The Hall–Kier alpha value is -0.380. The molecule has 0 amide bonds. The summed E-state index contributed by atoms with van der Waals surface area (Å²) in [7, 11) is 0. The largest absolute Gasteiger partial charge is 0.373 e. The van der Waals surface area contributed by atoms with Gasteiger partial charge in [-0.25, -0.2) is 0 Å². The summed E-state index contributed by atoms with van der Waals surface area (Å²) in [5.41, 5.74) is 1.36. The van der Waals surface area contributed by atoms with Crippen molar-refractivity contribution in [1.82, 2.24) is 5.32 Å². The molecule has 2 atom stereocenters. The van der Waals surface area contributed by atoms with Gasteiger partial charge in [-0.3, -0.25) is 0 Å². The monoisotopic (exact) mass is 267 g/mol. The van der Waals surface area contributed by atoms with Gasteiger partial charge in [-0.15, -0.1) is 11.3 Å². The number of hydrogen-bond acceptors (Lipinski definition) is 3. The van der Waals surface area contributed by atoms with Gasteiger partial charge in [-0.1, -0.05) is 6.92 Å². The van der Waals surface area contributed by atoms with E-state index in [0.29, 0.717) is 6.04 Å². The molecule has 1 N–H and O–H groups in total. The molecule has 2 unspecified atom stereocenters. The molecular formula is C15H25NOS. The summed E-state index contributed by atoms with van der Waals surface area (Å²) in [6, 6.07) is 2.64. The molecule has 2 rings (SSSR count). The van der Waals surface area contributed by atoms with E-state index >= 15 is 0 Å². The van der Waals surface area contributed by atoms with E-state index in [4.69, 9.17) is 4.74 Å². The number of thiophene rings is 1. The molecular weight excluding hydrogens is 242 g/mol. The maximum atomic E-state index is 6.13. The predicted molar refractivity (Wildman–Crippen MR) is 78.3 cm³/mol. The maximum absolute atomic E-state index is 6.13. The van der Waals surface area contributed by atoms with Gasteiger partial charge in [0.2, 0.25) is 0 Å². The van der Waals surface area contributed by atoms with Crippen molar-refractivity contribution in [3.05, 3.63) is 21.9 Å². The normalized spacial score (nSPS) is 26.2. The lowest BCUT2D eigenvalue weighted by molar-refractivity contribution is -0.0896. The Bertz CT molecular complexity index is 368. The van der Waals surface area contributed by atoms with E-state index in [1.54, 1.807) is 0 Å². The first-order valence-corrected chi connectivity index (χ1v) is 7.96. The molecule has 1 fully saturated rings. The van der Waals surface area contributed by atoms with Crippen LogP contribution in [0.15, 0.2) is 11.4 Å². The minimum Gasteiger partial charge on any atom is -0.373 e. The number of aryl methyl sites for hydroxylation is 1. The highest BCUT2D eigenvalue weighted by atomic mass is 32.1. The molecule has 1 saturated heterocycles. The van der Waals surface area contributed by atoms with Crippen molar-refractivity contribution < 1.29 is 4.74 Å². The standard InChI is InChI=1S/C15H25NOS/c1-4-8-16-14(13-10-12(2)18-11-13)15(3)7-5-6-9-17-15/h10-11,14,16H,4-9H2,1-3H3. The van der Waals surface area contributed by atoms with E-state index < -0.39 is 0 Å². The molecule has 3 heteroatoms. The summed E-state index contributed by atoms with van der Waals surface area (Å²) in [5.74, 6) is 0. The van der Waals surface area contributed by atoms with Crippen LogP contribution in [0.1, 0.15) is 56.0 Å². The van der Waals surface area contributed by atoms with Crippen LogP contribution >= 0.6 is 11.3 Å². The highest BCUT2D eigenvalue weighted by Gasteiger charge is 2.37. The summed E-state index contributed by atoms with van der Waals surface area (Å²) < 4.78 is 6.13. The highest BCUT2D eigenvalue weighted by molar-refractivity contribution is 7.10. The van der Waals surface area contributed by atoms with Crippen molar-refractivity contribution in [2.75, 3.05) is 13.2 Å². The van der Waals surface area contributed by atoms with Gasteiger partial charge in [0.1, 0.15) is 0 Å². The molecule has 0 saturated carbocycles. The van der Waals surface area contributed by atoms with Gasteiger partial charge in [-0.05, 0) is 63.1 Å². The molecule has 0 bridgehead atoms. The maximum Gasteiger partial charge on any atom is 0.0848 e. The lowest BCUT2D eigenvalue weighted by atomic mass is 9.85. The third-order valence-corrected chi connectivity index (χ3v) is 4.67. The van der Waals surface area contributed by atoms with Gasteiger partial charge < -0.3 is 10.1 Å². The molecule has 2 heterocycles. The number of hydrogen-bond donors (Lipinski definition) is 1. The van der Waals surface area contributed by atoms with Crippen molar-refractivity contribution in [1.29, 1.82) is 0 Å². The molecule has 18 heavy (non-hydrogen) atoms. The van der Waals surface area contributed by atoms with Gasteiger partial charge in [0, 0.05) is 11.5 Å². The van der Waals surface area contributed by atoms with Crippen molar-refractivity contribution in [2.24, 2.45) is 0 Å². The first-order valence-electron chi connectivity index (χ1n) is 7.08. The zero-order valence-corrected chi connectivity index (χ0v) is 12.6. The van der Waals surface area contributed by atoms with Gasteiger partial charge in [0.05, 0.1) is 11.6 Å². The summed E-state index contributed by atoms with van der Waals surface area (Å²) in [5, 5.41) is 5.97. The molecule has 0 spiro atoms. The molecule has 0 radical (unpaired) electrons. The first-order chi connectivity index (χ1) is 8.65. The highest BCUT2D eigenvalue weighted by Crippen LogP contribution is 2.37. The van der Waals surface area contributed by atoms with Crippen molar-refractivity contribution in [3.63, 3.8) is 0 Å². The molecule has 2 nitrogen and oxygen atoms in total. The van der Waals surface area contributed by atoms with Crippen LogP contribution in [0.25, 0.3) is 0 Å². The van der Waals surface area contributed by atoms with E-state index in [2.05, 4.69) is 37.5 Å². The fraction of sp³-hybridized carbons (Fsp3) is 0.733. The number of rotatable bonds is 5. The van der Waals surface area contributed by atoms with Crippen molar-refractivity contribution in [3.8, 4) is 0 Å². The van der Waals surface area contributed by atoms with Crippen LogP contribution in [0, 0.1) is 6.92 Å². The third kappa shape index (κ3) is 3.14. The smallest absolute Gasteiger partial charge is 0.0848 e. The molecule has 0 aliphatic carbocycles. The van der Waals surface area contributed by atoms with E-state index in [-0.39, 0.29) is 5.60 Å². The van der Waals surface area contributed by atoms with Crippen LogP contribution < -0.4 is 5.32 Å². The fourth-order valence-electron chi connectivity index (χ4n) is 2.77. The molecule has 1 aliphatic rings. The minimum atomic E-state index is -0.0407. The molecule has 0 aromatic carbocycles. The second-order valence-corrected chi connectivity index (χ2v) is 6.61. The van der Waals surface area contributed by atoms with Crippen molar-refractivity contribution >= 4 is 11.3 Å². The quantitative estimate of drug-likeness (QED) is 0.869. The Morgan fingerprint density at radius 2 is 2.33 bits per heavy atom. The van der Waals surface area contributed by atoms with Crippen LogP contribution in [0.2, 0.25) is 0 Å². The van der Waals surface area contributed by atoms with Gasteiger partial charge in [0.15, 0.2) is 0 Å². The number of nitrogens with one attached hydrogen (secondary N) is 1. The van der Waals surface area contributed by atoms with Crippen LogP contribution in [0.5, 0.6) is 0 Å². The van der Waals surface area contributed by atoms with Crippen LogP contribution in [0.4, 0.5) is 0 Å². The van der Waals surface area contributed by atoms with E-state index in [0.717, 1.165) is 26.0 Å². The van der Waals surface area contributed by atoms with E-state index in [1.165, 1.54) is 23.3 Å². The Kier molecular flexibility index (Phi) is 4.82. The Morgan fingerprint density at radius 1 is 1.50 bits per heavy atom. The summed E-state index contributed by atoms with van der Waals surface area (Å²) in [6.45, 7) is 8.62. The number of ether oxygens (including phenoxy) is 1. The zero-order valence-electron chi connectivity index (χ0n) is 11.8. The summed E-state index contributed by atoms with van der Waals surface area (Å²) >= 11 is 1.83. The molecule has 1 aliphatic heterocycles. The van der Waals surface area contributed by atoms with Crippen LogP contribution in [-0.2, 0) is 4.74 Å². The average Bonchev–Trinajstić information content (AvgIpc) is 2.77. The first kappa shape index (κ1) is 14.0. The summed E-state index contributed by atoms with van der Waals surface area (Å²) in [6.07, 6.45) is 4.81. The molecule has 1 aromatic rings. The third-order valence-electron chi connectivity index (χ3n) is 3.79. The SMILES string of the molecule is CCCNC(c1csc(C)c1)C1(C)CCCCO1. The van der Waals surface area contributed by atoms with Gasteiger partial charge in [-0.2, -0.15) is 0 Å². The van der Waals surface area contributed by atoms with Gasteiger partial charge >= 0.3 is 0 Å². The lowest BCUT2D eigenvalue weighted by Gasteiger charge is -2.41. The molecule has 102 valence electrons. The second kappa shape index (κ2) is 6.18. The lowest BCUT2D eigenvalue weighted by Crippen LogP contribution is -2.46. The molecule has 1 aromatic heterocycles. The minimum absolute atomic E-state index is 0.0407. The van der Waals surface area contributed by atoms with Crippen LogP contribution in [-0.4, -0.2) is 18.8 Å². The Labute approximate surface area is 115 Å². The van der Waals surface area contributed by atoms with E-state index in [9.17, 15) is 0 Å². The summed E-state index contributed by atoms with van der Waals surface area (Å²) in [4.78, 5) is 1.38. The fourth-order valence-corrected chi connectivity index (χ4v) is 3.50. The predicted octanol–water partition coefficient (Wildman–Crippen LogP) is 4.06. The zero-order chi connectivity index (χ0) is 13.0. The van der Waals surface area contributed by atoms with Crippen LogP contribution in [0.3, 0.4) is 0 Å². The van der Waals surface area contributed by atoms with Gasteiger partial charge in [0.25, 0.3) is 0 Å². The van der Waals surface area contributed by atoms with E-state index in [1.807, 2.05) is 11.3 Å². The van der Waals surface area contributed by atoms with Crippen molar-refractivity contribution in [2.45, 2.75) is 58.1 Å². The Morgan fingerprint density at radius 3 is 2.89 bits per heavy atom. The topological polar surface area (TPSA) is 21.3 Å².